The van der Waals surface area contributed by atoms with Gasteiger partial charge in [0.05, 0.1) is 18.2 Å². The SMILES string of the molecule is O.O.O.O.O=C([O-])c1cccc(/C=N/NC(=S)/N=C/c2cccc(C(=O)[O-])c2O)c1O.[Cu]. The zero-order chi connectivity index (χ0) is 20.0. The van der Waals surface area contributed by atoms with Crippen molar-refractivity contribution in [2.24, 2.45) is 10.1 Å². The van der Waals surface area contributed by atoms with E-state index in [2.05, 4.69) is 15.5 Å². The van der Waals surface area contributed by atoms with E-state index in [9.17, 15) is 30.0 Å². The fourth-order valence-corrected chi connectivity index (χ4v) is 2.08. The molecule has 0 aliphatic rings. The number of carboxylic acids is 2. The number of hydrazone groups is 1. The van der Waals surface area contributed by atoms with Gasteiger partial charge in [0.1, 0.15) is 11.5 Å². The third kappa shape index (κ3) is 9.15. The van der Waals surface area contributed by atoms with Crippen LogP contribution in [0.3, 0.4) is 0 Å². The second kappa shape index (κ2) is 16.3. The Bertz CT molecular complexity index is 985. The van der Waals surface area contributed by atoms with Crippen LogP contribution in [-0.2, 0) is 17.1 Å². The van der Waals surface area contributed by atoms with Gasteiger partial charge in [-0.2, -0.15) is 5.10 Å². The van der Waals surface area contributed by atoms with Gasteiger partial charge in [0.15, 0.2) is 0 Å². The average Bonchev–Trinajstić information content (AvgIpc) is 2.61. The van der Waals surface area contributed by atoms with E-state index >= 15 is 0 Å². The largest absolute Gasteiger partial charge is 0.545 e. The number of thiocarbonyl (C=S) groups is 1. The van der Waals surface area contributed by atoms with Crippen LogP contribution in [0.15, 0.2) is 46.5 Å². The molecule has 0 unspecified atom stereocenters. The van der Waals surface area contributed by atoms with E-state index in [-0.39, 0.29) is 66.3 Å². The Kier molecular flexibility index (Phi) is 18.3. The van der Waals surface area contributed by atoms with Crippen molar-refractivity contribution >= 4 is 41.7 Å². The van der Waals surface area contributed by atoms with Crippen LogP contribution in [0.5, 0.6) is 11.5 Å². The molecule has 0 spiro atoms. The van der Waals surface area contributed by atoms with Crippen molar-refractivity contribution in [2.45, 2.75) is 0 Å². The van der Waals surface area contributed by atoms with E-state index in [0.717, 1.165) is 12.4 Å². The van der Waals surface area contributed by atoms with Gasteiger partial charge >= 0.3 is 0 Å². The van der Waals surface area contributed by atoms with Crippen molar-refractivity contribution in [3.63, 3.8) is 0 Å². The molecule has 15 heteroatoms. The molecular weight excluding hydrogens is 502 g/mol. The molecule has 0 bridgehead atoms. The average molecular weight is 521 g/mol. The number of aliphatic imine (C=N–C) groups is 1. The van der Waals surface area contributed by atoms with Crippen LogP contribution < -0.4 is 15.6 Å². The van der Waals surface area contributed by atoms with E-state index in [1.165, 1.54) is 36.4 Å². The number of carbonyl (C=O) groups excluding carboxylic acids is 2. The maximum atomic E-state index is 10.8. The van der Waals surface area contributed by atoms with Gasteiger partial charge < -0.3 is 51.9 Å². The zero-order valence-corrected chi connectivity index (χ0v) is 17.5. The summed E-state index contributed by atoms with van der Waals surface area (Å²) in [5.74, 6) is -4.10. The minimum Gasteiger partial charge on any atom is -0.545 e. The summed E-state index contributed by atoms with van der Waals surface area (Å²) in [7, 11) is 0. The number of nitrogens with zero attached hydrogens (tertiary/aromatic N) is 2. The van der Waals surface area contributed by atoms with E-state index in [1.807, 2.05) is 0 Å². The summed E-state index contributed by atoms with van der Waals surface area (Å²) < 4.78 is 0. The molecule has 0 aliphatic heterocycles. The smallest absolute Gasteiger partial charge is 0.213 e. The number of benzene rings is 2. The van der Waals surface area contributed by atoms with Crippen molar-refractivity contribution in [2.75, 3.05) is 0 Å². The first-order chi connectivity index (χ1) is 12.8. The van der Waals surface area contributed by atoms with Gasteiger partial charge in [0.2, 0.25) is 5.11 Å². The van der Waals surface area contributed by atoms with Crippen molar-refractivity contribution in [3.8, 4) is 11.5 Å². The molecule has 2 aromatic rings. The van der Waals surface area contributed by atoms with Crippen LogP contribution in [0.1, 0.15) is 31.8 Å². The van der Waals surface area contributed by atoms with Gasteiger partial charge in [-0.1, -0.05) is 12.1 Å². The standard InChI is InChI=1S/C17H13N3O6S.Cu.4H2O/c21-13-9(3-1-5-11(13)15(23)24)7-18-17(27)20-19-8-10-4-2-6-12(14(10)22)16(25)26;;;;;/h1-8,21-22H,(H,20,27)(H,23,24)(H,25,26);;4*1H2/p-2/b18-7+,19-8+;;;;;. The summed E-state index contributed by atoms with van der Waals surface area (Å²) in [6.07, 6.45) is 2.25. The molecule has 0 fully saturated rings. The van der Waals surface area contributed by atoms with Crippen LogP contribution in [0.4, 0.5) is 0 Å². The summed E-state index contributed by atoms with van der Waals surface area (Å²) in [5.41, 5.74) is 1.78. The fraction of sp³-hybridized carbons (Fsp3) is 0. The molecule has 11 N–H and O–H groups in total. The van der Waals surface area contributed by atoms with Crippen molar-refractivity contribution in [3.05, 3.63) is 58.7 Å². The number of aromatic carboxylic acids is 2. The maximum absolute atomic E-state index is 10.8. The Morgan fingerprint density at radius 1 is 0.844 bits per heavy atom. The summed E-state index contributed by atoms with van der Waals surface area (Å²) in [5, 5.41) is 44.9. The number of nitrogens with one attached hydrogen (secondary N) is 1. The molecule has 0 amide bonds. The first kappa shape index (κ1) is 36.0. The summed E-state index contributed by atoms with van der Waals surface area (Å²) >= 11 is 4.90. The molecule has 0 aliphatic carbocycles. The van der Waals surface area contributed by atoms with Crippen LogP contribution in [0, 0.1) is 0 Å². The maximum Gasteiger partial charge on any atom is 0.213 e. The topological polar surface area (TPSA) is 283 Å². The normalized spacial score (nSPS) is 9.25. The molecule has 2 rings (SSSR count). The van der Waals surface area contributed by atoms with Gasteiger partial charge in [-0.05, 0) is 36.5 Å². The van der Waals surface area contributed by atoms with Crippen LogP contribution in [0.2, 0.25) is 0 Å². The monoisotopic (exact) mass is 520 g/mol. The van der Waals surface area contributed by atoms with Gasteiger partial charge in [0, 0.05) is 45.5 Å². The van der Waals surface area contributed by atoms with Crippen LogP contribution in [0.25, 0.3) is 0 Å². The zero-order valence-electron chi connectivity index (χ0n) is 15.8. The molecule has 0 saturated heterocycles. The first-order valence-corrected chi connectivity index (χ1v) is 7.66. The molecule has 0 aromatic heterocycles. The predicted octanol–water partition coefficient (Wildman–Crippen LogP) is -4.15. The number of carbonyl (C=O) groups is 2. The minimum atomic E-state index is -1.54. The number of rotatable bonds is 5. The first-order valence-electron chi connectivity index (χ1n) is 7.25. The Balaban J connectivity index is -0.000000784. The molecular formula is C17H19CuN3O10S-2. The number of aromatic hydroxyl groups is 2. The number of phenols is 2. The van der Waals surface area contributed by atoms with Crippen LogP contribution in [-0.4, -0.2) is 61.6 Å². The van der Waals surface area contributed by atoms with Crippen molar-refractivity contribution < 1.29 is 69.0 Å². The van der Waals surface area contributed by atoms with Crippen molar-refractivity contribution in [1.29, 1.82) is 0 Å². The molecule has 0 atom stereocenters. The van der Waals surface area contributed by atoms with E-state index < -0.39 is 23.4 Å². The van der Waals surface area contributed by atoms with Gasteiger partial charge in [-0.3, -0.25) is 5.43 Å². The van der Waals surface area contributed by atoms with E-state index in [1.54, 1.807) is 0 Å². The molecule has 2 aromatic carbocycles. The molecule has 13 nitrogen and oxygen atoms in total. The summed E-state index contributed by atoms with van der Waals surface area (Å²) in [6, 6.07) is 7.99. The predicted molar refractivity (Wildman–Crippen MR) is 110 cm³/mol. The fourth-order valence-electron chi connectivity index (χ4n) is 1.97. The third-order valence-electron chi connectivity index (χ3n) is 3.26. The quantitative estimate of drug-likeness (QED) is 0.150. The summed E-state index contributed by atoms with van der Waals surface area (Å²) in [6.45, 7) is 0. The second-order valence-corrected chi connectivity index (χ2v) is 5.38. The van der Waals surface area contributed by atoms with Crippen molar-refractivity contribution in [1.82, 2.24) is 5.43 Å². The van der Waals surface area contributed by atoms with Gasteiger partial charge in [0.25, 0.3) is 0 Å². The minimum absolute atomic E-state index is 0. The number of carboxylic acid groups (broad SMARTS) is 2. The second-order valence-electron chi connectivity index (χ2n) is 5.00. The van der Waals surface area contributed by atoms with Crippen LogP contribution >= 0.6 is 12.2 Å². The molecule has 0 saturated carbocycles. The Morgan fingerprint density at radius 2 is 1.25 bits per heavy atom. The molecule has 1 radical (unpaired) electrons. The molecule has 32 heavy (non-hydrogen) atoms. The number of hydrogen-bond donors (Lipinski definition) is 3. The Morgan fingerprint density at radius 3 is 1.66 bits per heavy atom. The molecule has 0 heterocycles. The Labute approximate surface area is 196 Å². The Hall–Kier alpha value is -3.43. The third-order valence-corrected chi connectivity index (χ3v) is 3.46. The van der Waals surface area contributed by atoms with E-state index in [0.29, 0.717) is 0 Å². The number of para-hydroxylation sites is 2. The number of hydrogen-bond acceptors (Lipinski definition) is 8. The van der Waals surface area contributed by atoms with Gasteiger partial charge in [-0.15, -0.1) is 0 Å². The van der Waals surface area contributed by atoms with Gasteiger partial charge in [-0.25, -0.2) is 4.99 Å². The van der Waals surface area contributed by atoms with E-state index in [4.69, 9.17) is 12.2 Å². The molecule has 181 valence electrons. The summed E-state index contributed by atoms with van der Waals surface area (Å²) in [4.78, 5) is 25.5.